The Kier molecular flexibility index (Phi) is 4.61. The number of hydrogen-bond donors (Lipinski definition) is 0. The highest BCUT2D eigenvalue weighted by molar-refractivity contribution is 6.31. The van der Waals surface area contributed by atoms with Crippen molar-refractivity contribution in [1.29, 1.82) is 0 Å². The highest BCUT2D eigenvalue weighted by Crippen LogP contribution is 2.28. The second-order valence-electron chi connectivity index (χ2n) is 6.47. The fourth-order valence-electron chi connectivity index (χ4n) is 3.47. The van der Waals surface area contributed by atoms with E-state index >= 15 is 0 Å². The van der Waals surface area contributed by atoms with Gasteiger partial charge < -0.3 is 4.90 Å². The van der Waals surface area contributed by atoms with Crippen LogP contribution in [0.5, 0.6) is 0 Å². The maximum absolute atomic E-state index is 12.9. The molecule has 26 heavy (non-hydrogen) atoms. The Hall–Kier alpha value is -2.44. The van der Waals surface area contributed by atoms with Crippen LogP contribution >= 0.6 is 11.6 Å². The summed E-state index contributed by atoms with van der Waals surface area (Å²) in [7, 11) is 0. The number of benzene rings is 1. The molecule has 4 rings (SSSR count). The summed E-state index contributed by atoms with van der Waals surface area (Å²) < 4.78 is 1.63. The second kappa shape index (κ2) is 7.05. The number of nitrogens with zero attached hydrogens (tertiary/aromatic N) is 5. The Morgan fingerprint density at radius 1 is 1.15 bits per heavy atom. The van der Waals surface area contributed by atoms with Gasteiger partial charge in [0.05, 0.1) is 6.20 Å². The third-order valence-corrected chi connectivity index (χ3v) is 5.36. The molecule has 1 aliphatic heterocycles. The van der Waals surface area contributed by atoms with Gasteiger partial charge in [0.2, 0.25) is 0 Å². The number of hydrogen-bond acceptors (Lipinski definition) is 4. The molecule has 0 aliphatic carbocycles. The largest absolute Gasteiger partial charge is 0.336 e. The Labute approximate surface area is 157 Å². The van der Waals surface area contributed by atoms with E-state index in [4.69, 9.17) is 11.6 Å². The quantitative estimate of drug-likeness (QED) is 0.712. The summed E-state index contributed by atoms with van der Waals surface area (Å²) in [6.45, 7) is 5.14. The van der Waals surface area contributed by atoms with Crippen molar-refractivity contribution >= 4 is 23.2 Å². The third-order valence-electron chi connectivity index (χ3n) is 5.01. The topological polar surface area (TPSA) is 53.7 Å². The number of carbonyl (C=O) groups excluding carboxylic acids is 1. The molecule has 0 radical (unpaired) electrons. The first-order valence-electron chi connectivity index (χ1n) is 8.71. The molecule has 134 valence electrons. The molecule has 1 amide bonds. The van der Waals surface area contributed by atoms with Gasteiger partial charge in [0.25, 0.3) is 5.91 Å². The van der Waals surface area contributed by atoms with Crippen LogP contribution in [-0.4, -0.2) is 56.5 Å². The predicted molar refractivity (Wildman–Crippen MR) is 100 cm³/mol. The molecule has 2 aromatic heterocycles. The van der Waals surface area contributed by atoms with Gasteiger partial charge in [0.1, 0.15) is 5.56 Å². The van der Waals surface area contributed by atoms with E-state index in [-0.39, 0.29) is 11.9 Å². The van der Waals surface area contributed by atoms with Crippen LogP contribution in [0.4, 0.5) is 0 Å². The minimum Gasteiger partial charge on any atom is -0.336 e. The minimum absolute atomic E-state index is 0.0104. The Balaban J connectivity index is 1.45. The average Bonchev–Trinajstić information content (AvgIpc) is 3.11. The summed E-state index contributed by atoms with van der Waals surface area (Å²) >= 11 is 6.33. The van der Waals surface area contributed by atoms with E-state index in [0.29, 0.717) is 24.3 Å². The van der Waals surface area contributed by atoms with E-state index in [9.17, 15) is 4.79 Å². The summed E-state index contributed by atoms with van der Waals surface area (Å²) in [5, 5.41) is 5.00. The normalized spacial score (nSPS) is 16.8. The molecule has 1 atom stereocenters. The number of aromatic nitrogens is 3. The molecule has 1 fully saturated rings. The molecule has 0 N–H and O–H groups in total. The number of fused-ring (bicyclic) bond motifs is 1. The number of piperazine rings is 1. The zero-order valence-electron chi connectivity index (χ0n) is 14.5. The zero-order chi connectivity index (χ0) is 18.1. The van der Waals surface area contributed by atoms with Gasteiger partial charge in [-0.15, -0.1) is 0 Å². The summed E-state index contributed by atoms with van der Waals surface area (Å²) in [5.74, 6) is -0.0104. The number of amides is 1. The average molecular weight is 370 g/mol. The van der Waals surface area contributed by atoms with Gasteiger partial charge in [-0.2, -0.15) is 5.10 Å². The van der Waals surface area contributed by atoms with Gasteiger partial charge in [0, 0.05) is 49.6 Å². The fourth-order valence-corrected chi connectivity index (χ4v) is 3.76. The second-order valence-corrected chi connectivity index (χ2v) is 6.88. The van der Waals surface area contributed by atoms with Crippen molar-refractivity contribution in [3.05, 3.63) is 65.1 Å². The van der Waals surface area contributed by atoms with Crippen molar-refractivity contribution in [2.45, 2.75) is 13.0 Å². The molecule has 0 bridgehead atoms. The number of carbonyl (C=O) groups is 1. The highest BCUT2D eigenvalue weighted by Gasteiger charge is 2.27. The summed E-state index contributed by atoms with van der Waals surface area (Å²) in [4.78, 5) is 21.4. The maximum Gasteiger partial charge on any atom is 0.259 e. The third kappa shape index (κ3) is 3.06. The monoisotopic (exact) mass is 369 g/mol. The first-order chi connectivity index (χ1) is 12.6. The van der Waals surface area contributed by atoms with E-state index in [1.165, 1.54) is 0 Å². The predicted octanol–water partition coefficient (Wildman–Crippen LogP) is 2.90. The molecule has 1 aliphatic rings. The molecule has 6 nitrogen and oxygen atoms in total. The molecule has 1 saturated heterocycles. The van der Waals surface area contributed by atoms with Gasteiger partial charge in [-0.05, 0) is 24.6 Å². The Bertz CT molecular complexity index is 932. The van der Waals surface area contributed by atoms with Crippen LogP contribution in [0.2, 0.25) is 5.02 Å². The lowest BCUT2D eigenvalue weighted by atomic mass is 10.1. The van der Waals surface area contributed by atoms with Crippen molar-refractivity contribution in [2.75, 3.05) is 26.2 Å². The van der Waals surface area contributed by atoms with Crippen LogP contribution in [0.3, 0.4) is 0 Å². The minimum atomic E-state index is -0.0104. The van der Waals surface area contributed by atoms with Crippen LogP contribution in [-0.2, 0) is 0 Å². The molecular weight excluding hydrogens is 350 g/mol. The van der Waals surface area contributed by atoms with Crippen molar-refractivity contribution < 1.29 is 4.79 Å². The van der Waals surface area contributed by atoms with Crippen molar-refractivity contribution in [2.24, 2.45) is 0 Å². The van der Waals surface area contributed by atoms with Crippen molar-refractivity contribution in [1.82, 2.24) is 24.4 Å². The van der Waals surface area contributed by atoms with Gasteiger partial charge in [-0.3, -0.25) is 9.69 Å². The van der Waals surface area contributed by atoms with Crippen molar-refractivity contribution in [3.8, 4) is 0 Å². The lowest BCUT2D eigenvalue weighted by Crippen LogP contribution is -2.49. The lowest BCUT2D eigenvalue weighted by Gasteiger charge is -2.38. The van der Waals surface area contributed by atoms with Crippen LogP contribution in [0.15, 0.2) is 48.9 Å². The lowest BCUT2D eigenvalue weighted by molar-refractivity contribution is 0.0583. The SMILES string of the molecule is CC(c1ccccc1Cl)N1CCN(C(=O)c2cnn3cccnc23)CC1. The number of rotatable bonds is 3. The Morgan fingerprint density at radius 2 is 1.92 bits per heavy atom. The van der Waals surface area contributed by atoms with Gasteiger partial charge in [-0.1, -0.05) is 29.8 Å². The molecule has 7 heteroatoms. The van der Waals surface area contributed by atoms with E-state index in [1.54, 1.807) is 29.2 Å². The summed E-state index contributed by atoms with van der Waals surface area (Å²) in [5.41, 5.74) is 2.28. The maximum atomic E-state index is 12.9. The summed E-state index contributed by atoms with van der Waals surface area (Å²) in [6, 6.07) is 9.96. The standard InChI is InChI=1S/C19H20ClN5O/c1-14(15-5-2-3-6-17(15)20)23-9-11-24(12-10-23)19(26)16-13-22-25-8-4-7-21-18(16)25/h2-8,13-14H,9-12H2,1H3. The smallest absolute Gasteiger partial charge is 0.259 e. The molecule has 3 aromatic rings. The summed E-state index contributed by atoms with van der Waals surface area (Å²) in [6.07, 6.45) is 5.07. The van der Waals surface area contributed by atoms with E-state index in [1.807, 2.05) is 23.1 Å². The Morgan fingerprint density at radius 3 is 2.69 bits per heavy atom. The molecule has 1 unspecified atom stereocenters. The molecule has 1 aromatic carbocycles. The van der Waals surface area contributed by atoms with Gasteiger partial charge in [-0.25, -0.2) is 9.50 Å². The van der Waals surface area contributed by atoms with Crippen LogP contribution in [0, 0.1) is 0 Å². The first kappa shape index (κ1) is 17.0. The molecule has 0 saturated carbocycles. The van der Waals surface area contributed by atoms with Gasteiger partial charge in [0.15, 0.2) is 5.65 Å². The van der Waals surface area contributed by atoms with Crippen LogP contribution in [0.25, 0.3) is 5.65 Å². The van der Waals surface area contributed by atoms with Gasteiger partial charge >= 0.3 is 0 Å². The molecule has 0 spiro atoms. The molecular formula is C19H20ClN5O. The van der Waals surface area contributed by atoms with Crippen molar-refractivity contribution in [3.63, 3.8) is 0 Å². The number of halogens is 1. The van der Waals surface area contributed by atoms with Crippen LogP contribution in [0.1, 0.15) is 28.9 Å². The van der Waals surface area contributed by atoms with E-state index < -0.39 is 0 Å². The first-order valence-corrected chi connectivity index (χ1v) is 9.09. The highest BCUT2D eigenvalue weighted by atomic mass is 35.5. The van der Waals surface area contributed by atoms with Crippen LogP contribution < -0.4 is 0 Å². The fraction of sp³-hybridized carbons (Fsp3) is 0.316. The van der Waals surface area contributed by atoms with E-state index in [2.05, 4.69) is 28.0 Å². The zero-order valence-corrected chi connectivity index (χ0v) is 15.3. The molecule has 3 heterocycles. The van der Waals surface area contributed by atoms with E-state index in [0.717, 1.165) is 23.7 Å².